The highest BCUT2D eigenvalue weighted by Gasteiger charge is 1.86. The number of hydrogen-bond donors (Lipinski definition) is 4. The van der Waals surface area contributed by atoms with E-state index in [1.807, 2.05) is 0 Å². The van der Waals surface area contributed by atoms with Crippen molar-refractivity contribution < 1.29 is 19.2 Å². The SMILES string of the molecule is C#CC#CC#C[CH-]CC(=O)NC.CNC(C)=O.CNC(C)=O.CNC=O. The molecule has 0 saturated heterocycles. The van der Waals surface area contributed by atoms with Gasteiger partial charge in [-0.25, -0.2) is 5.92 Å². The maximum atomic E-state index is 10.6. The van der Waals surface area contributed by atoms with Crippen LogP contribution in [0.5, 0.6) is 0 Å². The molecule has 0 aliphatic carbocycles. The quantitative estimate of drug-likeness (QED) is 0.287. The zero-order chi connectivity index (χ0) is 21.2. The summed E-state index contributed by atoms with van der Waals surface area (Å²) in [6.07, 6.45) is 7.28. The van der Waals surface area contributed by atoms with Gasteiger partial charge < -0.3 is 21.3 Å². The molecule has 0 aliphatic heterocycles. The second-order valence-corrected chi connectivity index (χ2v) is 3.76. The molecule has 0 heterocycles. The Kier molecular flexibility index (Phi) is 34.3. The molecule has 26 heavy (non-hydrogen) atoms. The fourth-order valence-electron chi connectivity index (χ4n) is 0.400. The van der Waals surface area contributed by atoms with Crippen molar-refractivity contribution >= 4 is 24.1 Å². The fourth-order valence-corrected chi connectivity index (χ4v) is 0.400. The van der Waals surface area contributed by atoms with Gasteiger partial charge in [-0.2, -0.15) is 6.42 Å². The van der Waals surface area contributed by atoms with Crippen molar-refractivity contribution in [2.75, 3.05) is 28.2 Å². The van der Waals surface area contributed by atoms with Crippen molar-refractivity contribution in [2.24, 2.45) is 0 Å². The Hall–Kier alpha value is -3.57. The number of hydrogen-bond acceptors (Lipinski definition) is 4. The predicted octanol–water partition coefficient (Wildman–Crippen LogP) is -1.17. The second kappa shape index (κ2) is 29.4. The summed E-state index contributed by atoms with van der Waals surface area (Å²) in [5.74, 6) is 11.9. The number of terminal acetylenes is 1. The molecule has 0 spiro atoms. The highest BCUT2D eigenvalue weighted by atomic mass is 16.2. The van der Waals surface area contributed by atoms with Crippen molar-refractivity contribution in [3.8, 4) is 36.0 Å². The Morgan fingerprint density at radius 3 is 1.62 bits per heavy atom. The van der Waals surface area contributed by atoms with Crippen LogP contribution in [-0.4, -0.2) is 52.3 Å². The van der Waals surface area contributed by atoms with E-state index >= 15 is 0 Å². The molecule has 8 nitrogen and oxygen atoms in total. The zero-order valence-electron chi connectivity index (χ0n) is 16.1. The van der Waals surface area contributed by atoms with Gasteiger partial charge in [0.05, 0.1) is 0 Å². The first-order chi connectivity index (χ1) is 12.3. The van der Waals surface area contributed by atoms with Crippen LogP contribution in [0.3, 0.4) is 0 Å². The molecule has 0 atom stereocenters. The van der Waals surface area contributed by atoms with Crippen LogP contribution in [-0.2, 0) is 19.2 Å². The minimum Gasteiger partial charge on any atom is -0.362 e. The summed E-state index contributed by atoms with van der Waals surface area (Å²) >= 11 is 0. The molecule has 0 radical (unpaired) electrons. The summed E-state index contributed by atoms with van der Waals surface area (Å²) in [5.41, 5.74) is 0. The van der Waals surface area contributed by atoms with Crippen LogP contribution in [0.2, 0.25) is 0 Å². The van der Waals surface area contributed by atoms with Crippen LogP contribution < -0.4 is 21.3 Å². The van der Waals surface area contributed by atoms with E-state index in [1.165, 1.54) is 20.3 Å². The zero-order valence-corrected chi connectivity index (χ0v) is 16.1. The molecule has 0 aliphatic rings. The summed E-state index contributed by atoms with van der Waals surface area (Å²) in [5, 5.41) is 9.49. The molecule has 0 fully saturated rings. The van der Waals surface area contributed by atoms with E-state index < -0.39 is 0 Å². The molecular formula is C18H27N4O4-. The molecule has 0 unspecified atom stereocenters. The first kappa shape index (κ1) is 30.3. The average Bonchev–Trinajstić information content (AvgIpc) is 2.65. The molecule has 0 aromatic heterocycles. The van der Waals surface area contributed by atoms with Crippen LogP contribution in [0.1, 0.15) is 20.3 Å². The van der Waals surface area contributed by atoms with Crippen LogP contribution in [0, 0.1) is 42.4 Å². The van der Waals surface area contributed by atoms with Gasteiger partial charge >= 0.3 is 0 Å². The van der Waals surface area contributed by atoms with Crippen LogP contribution >= 0.6 is 0 Å². The molecule has 0 aromatic carbocycles. The minimum atomic E-state index is -0.0748. The van der Waals surface area contributed by atoms with Gasteiger partial charge in [0.1, 0.15) is 0 Å². The first-order valence-electron chi connectivity index (χ1n) is 7.23. The van der Waals surface area contributed by atoms with Gasteiger partial charge in [-0.3, -0.25) is 25.1 Å². The lowest BCUT2D eigenvalue weighted by Gasteiger charge is -1.97. The smallest absolute Gasteiger partial charge is 0.216 e. The van der Waals surface area contributed by atoms with E-state index in [-0.39, 0.29) is 24.1 Å². The normalized spacial score (nSPS) is 6.19. The van der Waals surface area contributed by atoms with Crippen LogP contribution in [0.15, 0.2) is 0 Å². The largest absolute Gasteiger partial charge is 0.362 e. The van der Waals surface area contributed by atoms with Crippen molar-refractivity contribution in [3.63, 3.8) is 0 Å². The molecule has 0 saturated carbocycles. The second-order valence-electron chi connectivity index (χ2n) is 3.76. The van der Waals surface area contributed by atoms with Crippen molar-refractivity contribution in [1.29, 1.82) is 0 Å². The maximum Gasteiger partial charge on any atom is 0.216 e. The predicted molar refractivity (Wildman–Crippen MR) is 102 cm³/mol. The number of nitrogens with one attached hydrogen (secondary N) is 4. The van der Waals surface area contributed by atoms with E-state index in [0.717, 1.165) is 0 Å². The monoisotopic (exact) mass is 363 g/mol. The van der Waals surface area contributed by atoms with Crippen LogP contribution in [0.4, 0.5) is 0 Å². The lowest BCUT2D eigenvalue weighted by molar-refractivity contribution is -0.120. The standard InChI is InChI=1S/C10H8NO.2C3H7NO.C2H5NO/c1-3-4-5-6-7-8-9-10(12)11-2;2*1-3(5)4-2;1-3-2-4/h1,8H,9H2,2H3,(H,11,12);2*1-2H3,(H,4,5);2H,1H3,(H,3,4)/q-1;;;. The molecule has 0 rings (SSSR count). The summed E-state index contributed by atoms with van der Waals surface area (Å²) in [4.78, 5) is 39.1. The highest BCUT2D eigenvalue weighted by molar-refractivity contribution is 5.77. The summed E-state index contributed by atoms with van der Waals surface area (Å²) < 4.78 is 0. The molecule has 144 valence electrons. The van der Waals surface area contributed by atoms with E-state index in [1.54, 1.807) is 28.2 Å². The summed E-state index contributed by atoms with van der Waals surface area (Å²) in [6.45, 7) is 2.94. The lowest BCUT2D eigenvalue weighted by atomic mass is 10.3. The van der Waals surface area contributed by atoms with E-state index in [2.05, 4.69) is 50.9 Å². The average molecular weight is 363 g/mol. The maximum absolute atomic E-state index is 10.6. The third kappa shape index (κ3) is 59.0. The first-order valence-corrected chi connectivity index (χ1v) is 7.23. The Bertz CT molecular complexity index is 544. The topological polar surface area (TPSA) is 116 Å². The highest BCUT2D eigenvalue weighted by Crippen LogP contribution is 1.82. The van der Waals surface area contributed by atoms with Gasteiger partial charge in [-0.1, -0.05) is 0 Å². The number of amides is 4. The van der Waals surface area contributed by atoms with Crippen molar-refractivity contribution in [1.82, 2.24) is 21.3 Å². The van der Waals surface area contributed by atoms with Gasteiger partial charge in [0, 0.05) is 42.0 Å². The molecule has 0 bridgehead atoms. The lowest BCUT2D eigenvalue weighted by Crippen LogP contribution is -2.16. The number of carbonyl (C=O) groups is 4. The van der Waals surface area contributed by atoms with E-state index in [0.29, 0.717) is 6.41 Å². The van der Waals surface area contributed by atoms with E-state index in [4.69, 9.17) is 11.2 Å². The third-order valence-corrected chi connectivity index (χ3v) is 1.76. The molecule has 4 amide bonds. The van der Waals surface area contributed by atoms with Gasteiger partial charge in [-0.05, 0) is 18.3 Å². The summed E-state index contributed by atoms with van der Waals surface area (Å²) in [6, 6.07) is 0. The third-order valence-electron chi connectivity index (χ3n) is 1.76. The van der Waals surface area contributed by atoms with Crippen LogP contribution in [0.25, 0.3) is 0 Å². The molecule has 4 N–H and O–H groups in total. The number of carbonyl (C=O) groups excluding carboxylic acids is 4. The fraction of sp³-hybridized carbons (Fsp3) is 0.389. The Labute approximate surface area is 156 Å². The summed E-state index contributed by atoms with van der Waals surface area (Å²) in [7, 11) is 6.33. The van der Waals surface area contributed by atoms with Gasteiger partial charge in [0.15, 0.2) is 0 Å². The Morgan fingerprint density at radius 1 is 0.923 bits per heavy atom. The minimum absolute atomic E-state index is 0.00463. The van der Waals surface area contributed by atoms with Crippen molar-refractivity contribution in [2.45, 2.75) is 20.3 Å². The molecule has 0 aromatic rings. The van der Waals surface area contributed by atoms with Gasteiger partial charge in [0.2, 0.25) is 24.1 Å². The van der Waals surface area contributed by atoms with Crippen molar-refractivity contribution in [3.05, 3.63) is 6.42 Å². The molecule has 8 heteroatoms. The molecular weight excluding hydrogens is 336 g/mol. The van der Waals surface area contributed by atoms with E-state index in [9.17, 15) is 14.4 Å². The van der Waals surface area contributed by atoms with Gasteiger partial charge in [0.25, 0.3) is 0 Å². The Morgan fingerprint density at radius 2 is 1.35 bits per heavy atom. The Balaban J connectivity index is -0.000000143. The number of rotatable bonds is 3. The van der Waals surface area contributed by atoms with Gasteiger partial charge in [-0.15, -0.1) is 12.3 Å².